The average Bonchev–Trinajstić information content (AvgIpc) is 2.94. The maximum atomic E-state index is 11.1. The Morgan fingerprint density at radius 3 is 2.94 bits per heavy atom. The number of hydrogen-bond donors (Lipinski definition) is 1. The molecule has 3 rings (SSSR count). The number of halogens is 1. The van der Waals surface area contributed by atoms with Gasteiger partial charge in [0.1, 0.15) is 5.41 Å². The molecule has 1 saturated carbocycles. The lowest BCUT2D eigenvalue weighted by Gasteiger charge is -2.01. The van der Waals surface area contributed by atoms with Crippen LogP contribution in [-0.2, 0) is 10.2 Å². The molecule has 16 heavy (non-hydrogen) atoms. The van der Waals surface area contributed by atoms with E-state index in [-0.39, 0.29) is 0 Å². The fourth-order valence-corrected chi connectivity index (χ4v) is 1.87. The van der Waals surface area contributed by atoms with Crippen LogP contribution in [0.1, 0.15) is 18.7 Å². The lowest BCUT2D eigenvalue weighted by Crippen LogP contribution is -2.21. The van der Waals surface area contributed by atoms with Crippen LogP contribution < -0.4 is 0 Å². The Bertz CT molecular complexity index is 589. The van der Waals surface area contributed by atoms with E-state index >= 15 is 0 Å². The highest BCUT2D eigenvalue weighted by molar-refractivity contribution is 6.30. The minimum absolute atomic E-state index is 0.377. The predicted molar refractivity (Wildman–Crippen MR) is 56.5 cm³/mol. The van der Waals surface area contributed by atoms with Gasteiger partial charge in [-0.3, -0.25) is 4.79 Å². The predicted octanol–water partition coefficient (Wildman–Crippen LogP) is 1.50. The summed E-state index contributed by atoms with van der Waals surface area (Å²) in [6.45, 7) is 0. The monoisotopic (exact) mass is 237 g/mol. The first kappa shape index (κ1) is 9.59. The molecular weight excluding hydrogens is 230 g/mol. The van der Waals surface area contributed by atoms with Crippen molar-refractivity contribution in [2.24, 2.45) is 0 Å². The Hall–Kier alpha value is -1.62. The van der Waals surface area contributed by atoms with E-state index in [0.29, 0.717) is 29.3 Å². The van der Waals surface area contributed by atoms with Crippen LogP contribution in [0.5, 0.6) is 0 Å². The van der Waals surface area contributed by atoms with Crippen molar-refractivity contribution in [1.29, 1.82) is 0 Å². The molecule has 1 aliphatic rings. The van der Waals surface area contributed by atoms with Crippen LogP contribution in [0.4, 0.5) is 0 Å². The summed E-state index contributed by atoms with van der Waals surface area (Å²) in [6.07, 6.45) is 2.88. The maximum absolute atomic E-state index is 11.1. The highest BCUT2D eigenvalue weighted by atomic mass is 35.5. The first-order chi connectivity index (χ1) is 7.62. The van der Waals surface area contributed by atoms with Crippen LogP contribution in [-0.4, -0.2) is 25.7 Å². The molecule has 2 aromatic heterocycles. The minimum atomic E-state index is -0.863. The third-order valence-electron chi connectivity index (χ3n) is 2.89. The Balaban J connectivity index is 2.16. The number of aliphatic carboxylic acids is 1. The molecule has 5 nitrogen and oxygen atoms in total. The standard InChI is InChI=1S/C10H8ClN3O2/c11-6-1-4-14-7(5-6)12-8(13-14)10(2-3-10)9(15)16/h1,4-5H,2-3H2,(H,15,16). The van der Waals surface area contributed by atoms with Crippen LogP contribution in [0.2, 0.25) is 5.02 Å². The van der Waals surface area contributed by atoms with Gasteiger partial charge in [0.25, 0.3) is 0 Å². The molecule has 0 atom stereocenters. The number of carboxylic acid groups (broad SMARTS) is 1. The zero-order valence-electron chi connectivity index (χ0n) is 8.22. The molecule has 0 saturated heterocycles. The van der Waals surface area contributed by atoms with E-state index < -0.39 is 11.4 Å². The highest BCUT2D eigenvalue weighted by Crippen LogP contribution is 2.46. The van der Waals surface area contributed by atoms with Gasteiger partial charge in [-0.2, -0.15) is 5.10 Å². The quantitative estimate of drug-likeness (QED) is 0.860. The van der Waals surface area contributed by atoms with Crippen molar-refractivity contribution in [1.82, 2.24) is 14.6 Å². The Morgan fingerprint density at radius 2 is 2.31 bits per heavy atom. The van der Waals surface area contributed by atoms with Gasteiger partial charge < -0.3 is 5.11 Å². The van der Waals surface area contributed by atoms with Gasteiger partial charge in [-0.15, -0.1) is 0 Å². The van der Waals surface area contributed by atoms with Crippen molar-refractivity contribution in [2.75, 3.05) is 0 Å². The molecule has 2 aromatic rings. The second kappa shape index (κ2) is 2.95. The fraction of sp³-hybridized carbons (Fsp3) is 0.300. The third-order valence-corrected chi connectivity index (χ3v) is 3.12. The Labute approximate surface area is 95.7 Å². The van der Waals surface area contributed by atoms with Gasteiger partial charge in [0.05, 0.1) is 0 Å². The topological polar surface area (TPSA) is 67.5 Å². The van der Waals surface area contributed by atoms with Gasteiger partial charge in [-0.05, 0) is 18.9 Å². The summed E-state index contributed by atoms with van der Waals surface area (Å²) < 4.78 is 1.55. The number of hydrogen-bond acceptors (Lipinski definition) is 3. The molecular formula is C10H8ClN3O2. The van der Waals surface area contributed by atoms with Crippen LogP contribution in [0.15, 0.2) is 18.3 Å². The summed E-state index contributed by atoms with van der Waals surface area (Å²) in [5.74, 6) is -0.475. The SMILES string of the molecule is O=C(O)C1(c2nc3cc(Cl)ccn3n2)CC1. The van der Waals surface area contributed by atoms with E-state index in [1.807, 2.05) is 0 Å². The van der Waals surface area contributed by atoms with Crippen LogP contribution >= 0.6 is 11.6 Å². The molecule has 0 unspecified atom stereocenters. The summed E-state index contributed by atoms with van der Waals surface area (Å²) in [7, 11) is 0. The molecule has 0 aromatic carbocycles. The molecule has 1 aliphatic carbocycles. The Morgan fingerprint density at radius 1 is 1.56 bits per heavy atom. The first-order valence-corrected chi connectivity index (χ1v) is 5.25. The number of fused-ring (bicyclic) bond motifs is 1. The van der Waals surface area contributed by atoms with Crippen LogP contribution in [0, 0.1) is 0 Å². The summed E-state index contributed by atoms with van der Waals surface area (Å²) in [4.78, 5) is 15.3. The molecule has 1 fully saturated rings. The van der Waals surface area contributed by atoms with Gasteiger partial charge in [0.2, 0.25) is 0 Å². The number of nitrogens with zero attached hydrogens (tertiary/aromatic N) is 3. The zero-order chi connectivity index (χ0) is 11.3. The highest BCUT2D eigenvalue weighted by Gasteiger charge is 2.55. The lowest BCUT2D eigenvalue weighted by molar-refractivity contribution is -0.140. The number of pyridine rings is 1. The summed E-state index contributed by atoms with van der Waals surface area (Å²) in [5, 5.41) is 13.9. The summed E-state index contributed by atoms with van der Waals surface area (Å²) in [5.41, 5.74) is -0.284. The second-order valence-electron chi connectivity index (χ2n) is 3.97. The molecule has 6 heteroatoms. The van der Waals surface area contributed by atoms with Crippen molar-refractivity contribution in [3.8, 4) is 0 Å². The van der Waals surface area contributed by atoms with Crippen molar-refractivity contribution >= 4 is 23.2 Å². The van der Waals surface area contributed by atoms with Crippen molar-refractivity contribution < 1.29 is 9.90 Å². The number of carbonyl (C=O) groups is 1. The fourth-order valence-electron chi connectivity index (χ4n) is 1.72. The third kappa shape index (κ3) is 1.21. The van der Waals surface area contributed by atoms with E-state index in [4.69, 9.17) is 16.7 Å². The van der Waals surface area contributed by atoms with Gasteiger partial charge >= 0.3 is 5.97 Å². The van der Waals surface area contributed by atoms with Gasteiger partial charge in [0, 0.05) is 17.3 Å². The first-order valence-electron chi connectivity index (χ1n) is 4.88. The van der Waals surface area contributed by atoms with Crippen LogP contribution in [0.3, 0.4) is 0 Å². The van der Waals surface area contributed by atoms with Gasteiger partial charge in [-0.25, -0.2) is 9.50 Å². The van der Waals surface area contributed by atoms with Crippen LogP contribution in [0.25, 0.3) is 5.65 Å². The summed E-state index contributed by atoms with van der Waals surface area (Å²) in [6, 6.07) is 3.35. The zero-order valence-corrected chi connectivity index (χ0v) is 8.98. The molecule has 0 amide bonds. The van der Waals surface area contributed by atoms with Gasteiger partial charge in [0.15, 0.2) is 11.5 Å². The average molecular weight is 238 g/mol. The smallest absolute Gasteiger partial charge is 0.317 e. The molecule has 2 heterocycles. The molecule has 0 spiro atoms. The molecule has 0 aliphatic heterocycles. The van der Waals surface area contributed by atoms with E-state index in [9.17, 15) is 4.79 Å². The van der Waals surface area contributed by atoms with Crippen molar-refractivity contribution in [3.63, 3.8) is 0 Å². The number of aromatic nitrogens is 3. The van der Waals surface area contributed by atoms with Crippen molar-refractivity contribution in [2.45, 2.75) is 18.3 Å². The number of carboxylic acids is 1. The molecule has 1 N–H and O–H groups in total. The lowest BCUT2D eigenvalue weighted by atomic mass is 10.1. The van der Waals surface area contributed by atoms with Gasteiger partial charge in [-0.1, -0.05) is 11.6 Å². The minimum Gasteiger partial charge on any atom is -0.480 e. The Kier molecular flexibility index (Phi) is 1.77. The van der Waals surface area contributed by atoms with E-state index in [0.717, 1.165) is 0 Å². The van der Waals surface area contributed by atoms with Crippen molar-refractivity contribution in [3.05, 3.63) is 29.2 Å². The van der Waals surface area contributed by atoms with E-state index in [1.54, 1.807) is 22.8 Å². The van der Waals surface area contributed by atoms with E-state index in [1.165, 1.54) is 0 Å². The number of rotatable bonds is 2. The molecule has 0 radical (unpaired) electrons. The van der Waals surface area contributed by atoms with E-state index in [2.05, 4.69) is 10.1 Å². The molecule has 82 valence electrons. The normalized spacial score (nSPS) is 17.6. The molecule has 0 bridgehead atoms. The largest absolute Gasteiger partial charge is 0.480 e. The second-order valence-corrected chi connectivity index (χ2v) is 4.41. The maximum Gasteiger partial charge on any atom is 0.317 e. The summed E-state index contributed by atoms with van der Waals surface area (Å²) >= 11 is 5.82.